The first-order valence-corrected chi connectivity index (χ1v) is 7.87. The molecule has 0 atom stereocenters. The Hall–Kier alpha value is -2.28. The van der Waals surface area contributed by atoms with Crippen LogP contribution in [0, 0.1) is 5.41 Å². The number of para-hydroxylation sites is 1. The maximum absolute atomic E-state index is 12.6. The minimum absolute atomic E-state index is 0.0752. The Balaban J connectivity index is 2.16. The fourth-order valence-corrected chi connectivity index (χ4v) is 2.68. The molecule has 1 amide bonds. The van der Waals surface area contributed by atoms with E-state index >= 15 is 0 Å². The Morgan fingerprint density at radius 3 is 2.65 bits per heavy atom. The molecule has 2 rings (SSSR count). The number of hydrogen-bond donors (Lipinski definition) is 2. The van der Waals surface area contributed by atoms with Crippen molar-refractivity contribution in [2.45, 2.75) is 33.1 Å². The number of nitrogens with one attached hydrogen (secondary N) is 1. The summed E-state index contributed by atoms with van der Waals surface area (Å²) in [4.78, 5) is 12.6. The molecule has 0 saturated heterocycles. The fourth-order valence-electron chi connectivity index (χ4n) is 2.68. The topological polar surface area (TPSA) is 92.9 Å². The number of nitrogens with zero attached hydrogens (tertiary/aromatic N) is 4. The highest BCUT2D eigenvalue weighted by molar-refractivity contribution is 5.97. The number of rotatable bonds is 8. The van der Waals surface area contributed by atoms with Gasteiger partial charge in [0.2, 0.25) is 0 Å². The molecule has 1 heterocycles. The van der Waals surface area contributed by atoms with Crippen molar-refractivity contribution < 1.29 is 9.90 Å². The zero-order chi connectivity index (χ0) is 16.7. The molecular formula is C16H23N5O2. The second kappa shape index (κ2) is 7.82. The molecule has 1 aromatic carbocycles. The average molecular weight is 317 g/mol. The number of aliphatic hydroxyl groups is 1. The Morgan fingerprint density at radius 1 is 1.30 bits per heavy atom. The van der Waals surface area contributed by atoms with Crippen LogP contribution in [-0.2, 0) is 0 Å². The van der Waals surface area contributed by atoms with Gasteiger partial charge in [-0.05, 0) is 47.2 Å². The van der Waals surface area contributed by atoms with Crippen LogP contribution in [0.15, 0.2) is 30.6 Å². The van der Waals surface area contributed by atoms with Gasteiger partial charge in [0.05, 0.1) is 11.3 Å². The maximum atomic E-state index is 12.6. The van der Waals surface area contributed by atoms with E-state index < -0.39 is 0 Å². The molecule has 0 aliphatic rings. The van der Waals surface area contributed by atoms with Crippen molar-refractivity contribution >= 4 is 5.91 Å². The third kappa shape index (κ3) is 3.92. The Morgan fingerprint density at radius 2 is 2.04 bits per heavy atom. The Labute approximate surface area is 135 Å². The quantitative estimate of drug-likeness (QED) is 0.771. The van der Waals surface area contributed by atoms with E-state index in [0.717, 1.165) is 12.8 Å². The van der Waals surface area contributed by atoms with Crippen molar-refractivity contribution in [1.82, 2.24) is 25.5 Å². The van der Waals surface area contributed by atoms with E-state index in [9.17, 15) is 9.90 Å². The predicted octanol–water partition coefficient (Wildman–Crippen LogP) is 1.58. The second-order valence-electron chi connectivity index (χ2n) is 5.63. The van der Waals surface area contributed by atoms with E-state index in [1.54, 1.807) is 12.1 Å². The zero-order valence-corrected chi connectivity index (χ0v) is 13.6. The van der Waals surface area contributed by atoms with Crippen molar-refractivity contribution in [3.8, 4) is 5.69 Å². The minimum atomic E-state index is -0.166. The minimum Gasteiger partial charge on any atom is -0.396 e. The van der Waals surface area contributed by atoms with E-state index in [2.05, 4.69) is 34.7 Å². The first kappa shape index (κ1) is 17.1. The summed E-state index contributed by atoms with van der Waals surface area (Å²) < 4.78 is 1.47. The summed E-state index contributed by atoms with van der Waals surface area (Å²) in [6.07, 6.45) is 3.94. The van der Waals surface area contributed by atoms with Crippen LogP contribution in [0.25, 0.3) is 5.69 Å². The number of hydrogen-bond acceptors (Lipinski definition) is 5. The van der Waals surface area contributed by atoms with Crippen LogP contribution in [0.5, 0.6) is 0 Å². The number of carbonyl (C=O) groups is 1. The van der Waals surface area contributed by atoms with Crippen molar-refractivity contribution in [1.29, 1.82) is 0 Å². The van der Waals surface area contributed by atoms with Gasteiger partial charge in [-0.1, -0.05) is 26.0 Å². The number of benzene rings is 1. The van der Waals surface area contributed by atoms with Gasteiger partial charge in [0.25, 0.3) is 5.91 Å². The van der Waals surface area contributed by atoms with E-state index in [1.165, 1.54) is 11.0 Å². The first-order valence-electron chi connectivity index (χ1n) is 7.87. The summed E-state index contributed by atoms with van der Waals surface area (Å²) in [5.74, 6) is -0.166. The molecular weight excluding hydrogens is 294 g/mol. The van der Waals surface area contributed by atoms with Gasteiger partial charge >= 0.3 is 0 Å². The van der Waals surface area contributed by atoms with Crippen LogP contribution in [0.1, 0.15) is 43.5 Å². The molecule has 0 bridgehead atoms. The summed E-state index contributed by atoms with van der Waals surface area (Å²) in [7, 11) is 0. The van der Waals surface area contributed by atoms with Gasteiger partial charge in [0.1, 0.15) is 6.33 Å². The predicted molar refractivity (Wildman–Crippen MR) is 86.2 cm³/mol. The Kier molecular flexibility index (Phi) is 5.81. The van der Waals surface area contributed by atoms with Crippen molar-refractivity contribution in [2.75, 3.05) is 13.2 Å². The summed E-state index contributed by atoms with van der Waals surface area (Å²) >= 11 is 0. The van der Waals surface area contributed by atoms with Crippen molar-refractivity contribution in [3.05, 3.63) is 36.2 Å². The molecule has 0 radical (unpaired) electrons. The SMILES string of the molecule is CCC(CC)(CCO)CNC(=O)c1ccccc1-n1cnnn1. The molecule has 7 heteroatoms. The van der Waals surface area contributed by atoms with E-state index in [1.807, 2.05) is 12.1 Å². The van der Waals surface area contributed by atoms with Crippen LogP contribution >= 0.6 is 0 Å². The highest BCUT2D eigenvalue weighted by Crippen LogP contribution is 2.29. The summed E-state index contributed by atoms with van der Waals surface area (Å²) in [6.45, 7) is 4.82. The number of amides is 1. The molecule has 7 nitrogen and oxygen atoms in total. The van der Waals surface area contributed by atoms with Crippen LogP contribution in [0.4, 0.5) is 0 Å². The molecule has 2 aromatic rings. The molecule has 0 aliphatic heterocycles. The normalized spacial score (nSPS) is 11.4. The van der Waals surface area contributed by atoms with Gasteiger partial charge < -0.3 is 10.4 Å². The third-order valence-corrected chi connectivity index (χ3v) is 4.51. The van der Waals surface area contributed by atoms with Gasteiger partial charge in [-0.25, -0.2) is 0 Å². The molecule has 2 N–H and O–H groups in total. The van der Waals surface area contributed by atoms with Crippen molar-refractivity contribution in [3.63, 3.8) is 0 Å². The van der Waals surface area contributed by atoms with Gasteiger partial charge in [-0.3, -0.25) is 4.79 Å². The summed E-state index contributed by atoms with van der Waals surface area (Å²) in [5, 5.41) is 23.3. The number of tetrazole rings is 1. The number of carbonyl (C=O) groups excluding carboxylic acids is 1. The smallest absolute Gasteiger partial charge is 0.253 e. The Bertz CT molecular complexity index is 623. The lowest BCUT2D eigenvalue weighted by atomic mass is 9.79. The highest BCUT2D eigenvalue weighted by atomic mass is 16.3. The average Bonchev–Trinajstić information content (AvgIpc) is 3.13. The summed E-state index contributed by atoms with van der Waals surface area (Å²) in [6, 6.07) is 7.19. The first-order chi connectivity index (χ1) is 11.2. The van der Waals surface area contributed by atoms with Crippen LogP contribution in [0.2, 0.25) is 0 Å². The molecule has 23 heavy (non-hydrogen) atoms. The second-order valence-corrected chi connectivity index (χ2v) is 5.63. The standard InChI is InChI=1S/C16H23N5O2/c1-3-16(4-2,9-10-22)11-17-15(23)13-7-5-6-8-14(13)21-12-18-19-20-21/h5-8,12,22H,3-4,9-11H2,1-2H3,(H,17,23). The summed E-state index contributed by atoms with van der Waals surface area (Å²) in [5.41, 5.74) is 1.08. The molecule has 0 fully saturated rings. The van der Waals surface area contributed by atoms with Crippen LogP contribution in [0.3, 0.4) is 0 Å². The monoisotopic (exact) mass is 317 g/mol. The van der Waals surface area contributed by atoms with Crippen LogP contribution < -0.4 is 5.32 Å². The largest absolute Gasteiger partial charge is 0.396 e. The zero-order valence-electron chi connectivity index (χ0n) is 13.6. The van der Waals surface area contributed by atoms with E-state index in [4.69, 9.17) is 0 Å². The number of aromatic nitrogens is 4. The lowest BCUT2D eigenvalue weighted by Crippen LogP contribution is -2.38. The molecule has 0 aliphatic carbocycles. The highest BCUT2D eigenvalue weighted by Gasteiger charge is 2.26. The number of aliphatic hydroxyl groups excluding tert-OH is 1. The molecule has 0 spiro atoms. The maximum Gasteiger partial charge on any atom is 0.253 e. The molecule has 124 valence electrons. The lowest BCUT2D eigenvalue weighted by molar-refractivity contribution is 0.0907. The van der Waals surface area contributed by atoms with Gasteiger partial charge in [0, 0.05) is 13.2 Å². The molecule has 0 unspecified atom stereocenters. The molecule has 0 saturated carbocycles. The van der Waals surface area contributed by atoms with E-state index in [-0.39, 0.29) is 17.9 Å². The van der Waals surface area contributed by atoms with Gasteiger partial charge in [-0.2, -0.15) is 4.68 Å². The van der Waals surface area contributed by atoms with E-state index in [0.29, 0.717) is 24.2 Å². The van der Waals surface area contributed by atoms with Crippen LogP contribution in [-0.4, -0.2) is 44.4 Å². The van der Waals surface area contributed by atoms with Crippen molar-refractivity contribution in [2.24, 2.45) is 5.41 Å². The van der Waals surface area contributed by atoms with Gasteiger partial charge in [-0.15, -0.1) is 5.10 Å². The lowest BCUT2D eigenvalue weighted by Gasteiger charge is -2.31. The molecule has 1 aromatic heterocycles. The third-order valence-electron chi connectivity index (χ3n) is 4.51. The fraction of sp³-hybridized carbons (Fsp3) is 0.500. The van der Waals surface area contributed by atoms with Gasteiger partial charge in [0.15, 0.2) is 0 Å².